The summed E-state index contributed by atoms with van der Waals surface area (Å²) in [5.41, 5.74) is 0.667. The van der Waals surface area contributed by atoms with Crippen LogP contribution < -0.4 is 4.72 Å². The van der Waals surface area contributed by atoms with E-state index in [0.717, 1.165) is 17.4 Å². The molecule has 2 rings (SSSR count). The Balaban J connectivity index is 2.40. The summed E-state index contributed by atoms with van der Waals surface area (Å²) < 4.78 is 28.5. The van der Waals surface area contributed by atoms with Crippen LogP contribution in [0.25, 0.3) is 0 Å². The normalized spacial score (nSPS) is 11.6. The molecule has 0 amide bonds. The third-order valence-electron chi connectivity index (χ3n) is 2.40. The Bertz CT molecular complexity index is 779. The number of carboxylic acid groups (broad SMARTS) is 1. The van der Waals surface area contributed by atoms with Crippen LogP contribution in [0.4, 0.5) is 5.82 Å². The number of rotatable bonds is 4. The van der Waals surface area contributed by atoms with Crippen LogP contribution in [-0.4, -0.2) is 29.3 Å². The molecule has 2 aromatic heterocycles. The molecule has 0 saturated carbocycles. The average molecular weight is 380 g/mol. The van der Waals surface area contributed by atoms with E-state index in [1.165, 1.54) is 4.68 Å². The summed E-state index contributed by atoms with van der Waals surface area (Å²) in [5, 5.41) is 12.9. The number of carboxylic acids is 1. The quantitative estimate of drug-likeness (QED) is 0.846. The highest BCUT2D eigenvalue weighted by Gasteiger charge is 2.24. The molecule has 2 aromatic rings. The highest BCUT2D eigenvalue weighted by molar-refractivity contribution is 9.11. The number of nitrogens with zero attached hydrogens (tertiary/aromatic N) is 2. The molecule has 0 saturated heterocycles. The molecule has 2 heterocycles. The van der Waals surface area contributed by atoms with E-state index in [9.17, 15) is 13.2 Å². The van der Waals surface area contributed by atoms with Crippen molar-refractivity contribution in [3.8, 4) is 0 Å². The molecule has 7 nitrogen and oxygen atoms in total. The number of sulfonamides is 1. The summed E-state index contributed by atoms with van der Waals surface area (Å²) in [5.74, 6) is -0.869. The number of aromatic nitrogens is 2. The second-order valence-corrected chi connectivity index (χ2v) is 7.97. The van der Waals surface area contributed by atoms with E-state index in [2.05, 4.69) is 25.8 Å². The third-order valence-corrected chi connectivity index (χ3v) is 5.99. The zero-order valence-corrected chi connectivity index (χ0v) is 13.6. The van der Waals surface area contributed by atoms with E-state index in [-0.39, 0.29) is 13.6 Å². The van der Waals surface area contributed by atoms with Crippen molar-refractivity contribution in [2.45, 2.75) is 11.8 Å². The molecule has 0 fully saturated rings. The average Bonchev–Trinajstić information content (AvgIpc) is 2.83. The number of carbonyl (C=O) groups is 1. The lowest BCUT2D eigenvalue weighted by Crippen LogP contribution is -2.15. The lowest BCUT2D eigenvalue weighted by atomic mass is 10.5. The first-order chi connectivity index (χ1) is 9.20. The minimum Gasteiger partial charge on any atom is -0.477 e. The van der Waals surface area contributed by atoms with Crippen LogP contribution in [0.1, 0.15) is 15.4 Å². The Kier molecular flexibility index (Phi) is 3.89. The molecule has 0 aromatic carbocycles. The fourth-order valence-electron chi connectivity index (χ4n) is 1.54. The molecule has 0 atom stereocenters. The van der Waals surface area contributed by atoms with E-state index >= 15 is 0 Å². The Morgan fingerprint density at radius 3 is 2.60 bits per heavy atom. The molecule has 0 unspecified atom stereocenters. The summed E-state index contributed by atoms with van der Waals surface area (Å²) >= 11 is 3.92. The molecule has 0 aliphatic rings. The van der Waals surface area contributed by atoms with Gasteiger partial charge in [0, 0.05) is 13.1 Å². The maximum atomic E-state index is 12.3. The topological polar surface area (TPSA) is 101 Å². The minimum atomic E-state index is -3.88. The van der Waals surface area contributed by atoms with Gasteiger partial charge >= 0.3 is 5.97 Å². The van der Waals surface area contributed by atoms with Gasteiger partial charge in [0.15, 0.2) is 0 Å². The highest BCUT2D eigenvalue weighted by Crippen LogP contribution is 2.32. The van der Waals surface area contributed by atoms with E-state index in [1.807, 2.05) is 0 Å². The van der Waals surface area contributed by atoms with Crippen molar-refractivity contribution in [3.63, 3.8) is 0 Å². The van der Waals surface area contributed by atoms with Gasteiger partial charge in [-0.1, -0.05) is 0 Å². The largest absolute Gasteiger partial charge is 0.477 e. The Morgan fingerprint density at radius 2 is 2.15 bits per heavy atom. The second kappa shape index (κ2) is 5.19. The van der Waals surface area contributed by atoms with Crippen LogP contribution in [-0.2, 0) is 17.1 Å². The Labute approximate surface area is 127 Å². The minimum absolute atomic E-state index is 0.0570. The lowest BCUT2D eigenvalue weighted by Gasteiger charge is -2.06. The van der Waals surface area contributed by atoms with Gasteiger partial charge in [-0.2, -0.15) is 5.10 Å². The standard InChI is InChI=1S/C10H10BrN3O4S2/c1-5-3-8(14(2)12-5)13-20(17,18)7-4-6(10(15)16)19-9(7)11/h3-4,13H,1-2H3,(H,15,16). The van der Waals surface area contributed by atoms with Gasteiger partial charge < -0.3 is 5.11 Å². The van der Waals surface area contributed by atoms with Crippen LogP contribution in [0, 0.1) is 6.92 Å². The van der Waals surface area contributed by atoms with Crippen LogP contribution in [0.2, 0.25) is 0 Å². The fraction of sp³-hybridized carbons (Fsp3) is 0.200. The smallest absolute Gasteiger partial charge is 0.345 e. The number of hydrogen-bond donors (Lipinski definition) is 2. The fourth-order valence-corrected chi connectivity index (χ4v) is 5.02. The number of aryl methyl sites for hydroxylation is 2. The zero-order valence-electron chi connectivity index (χ0n) is 10.4. The molecule has 0 spiro atoms. The third kappa shape index (κ3) is 2.86. The van der Waals surface area contributed by atoms with Crippen LogP contribution >= 0.6 is 27.3 Å². The first-order valence-electron chi connectivity index (χ1n) is 5.27. The van der Waals surface area contributed by atoms with Crippen molar-refractivity contribution in [3.05, 3.63) is 26.5 Å². The summed E-state index contributed by atoms with van der Waals surface area (Å²) in [4.78, 5) is 10.7. The van der Waals surface area contributed by atoms with E-state index in [4.69, 9.17) is 5.11 Å². The van der Waals surface area contributed by atoms with Gasteiger partial charge in [0.2, 0.25) is 0 Å². The molecule has 2 N–H and O–H groups in total. The van der Waals surface area contributed by atoms with Gasteiger partial charge in [-0.15, -0.1) is 11.3 Å². The molecule has 108 valence electrons. The van der Waals surface area contributed by atoms with E-state index < -0.39 is 16.0 Å². The number of nitrogens with one attached hydrogen (secondary N) is 1. The SMILES string of the molecule is Cc1cc(NS(=O)(=O)c2cc(C(=O)O)sc2Br)n(C)n1. The van der Waals surface area contributed by atoms with Gasteiger partial charge in [0.05, 0.1) is 9.48 Å². The van der Waals surface area contributed by atoms with Crippen molar-refractivity contribution in [1.29, 1.82) is 0 Å². The highest BCUT2D eigenvalue weighted by atomic mass is 79.9. The first-order valence-corrected chi connectivity index (χ1v) is 8.36. The van der Waals surface area contributed by atoms with Crippen LogP contribution in [0.15, 0.2) is 20.8 Å². The van der Waals surface area contributed by atoms with E-state index in [1.54, 1.807) is 20.0 Å². The van der Waals surface area contributed by atoms with Crippen molar-refractivity contribution >= 4 is 49.1 Å². The van der Waals surface area contributed by atoms with Crippen molar-refractivity contribution in [1.82, 2.24) is 9.78 Å². The predicted octanol–water partition coefficient (Wildman–Crippen LogP) is 2.05. The monoisotopic (exact) mass is 379 g/mol. The molecular weight excluding hydrogens is 370 g/mol. The van der Waals surface area contributed by atoms with Crippen LogP contribution in [0.5, 0.6) is 0 Å². The van der Waals surface area contributed by atoms with Gasteiger partial charge in [-0.05, 0) is 28.9 Å². The summed E-state index contributed by atoms with van der Waals surface area (Å²) in [6.07, 6.45) is 0. The zero-order chi connectivity index (χ0) is 15.1. The number of halogens is 1. The maximum absolute atomic E-state index is 12.3. The molecule has 0 aliphatic carbocycles. The Morgan fingerprint density at radius 1 is 1.50 bits per heavy atom. The molecule has 0 radical (unpaired) electrons. The Hall–Kier alpha value is -1.39. The first kappa shape index (κ1) is 15.0. The van der Waals surface area contributed by atoms with Gasteiger partial charge in [0.1, 0.15) is 15.6 Å². The van der Waals surface area contributed by atoms with Crippen molar-refractivity contribution < 1.29 is 18.3 Å². The molecule has 20 heavy (non-hydrogen) atoms. The van der Waals surface area contributed by atoms with E-state index in [0.29, 0.717) is 11.5 Å². The predicted molar refractivity (Wildman–Crippen MR) is 77.7 cm³/mol. The molecule has 0 aliphatic heterocycles. The van der Waals surface area contributed by atoms with Gasteiger partial charge in [-0.3, -0.25) is 9.40 Å². The van der Waals surface area contributed by atoms with Crippen molar-refractivity contribution in [2.75, 3.05) is 4.72 Å². The second-order valence-electron chi connectivity index (χ2n) is 3.95. The molecular formula is C10H10BrN3O4S2. The van der Waals surface area contributed by atoms with Crippen LogP contribution in [0.3, 0.4) is 0 Å². The molecule has 0 bridgehead atoms. The lowest BCUT2D eigenvalue weighted by molar-refractivity contribution is 0.0702. The summed E-state index contributed by atoms with van der Waals surface area (Å²) in [6, 6.07) is 2.69. The number of hydrogen-bond acceptors (Lipinski definition) is 5. The number of thiophene rings is 1. The maximum Gasteiger partial charge on any atom is 0.345 e. The summed E-state index contributed by atoms with van der Waals surface area (Å²) in [6.45, 7) is 1.74. The van der Waals surface area contributed by atoms with Crippen molar-refractivity contribution in [2.24, 2.45) is 7.05 Å². The number of aromatic carboxylic acids is 1. The molecule has 10 heteroatoms. The van der Waals surface area contributed by atoms with Gasteiger partial charge in [0.25, 0.3) is 10.0 Å². The summed E-state index contributed by atoms with van der Waals surface area (Å²) in [7, 11) is -2.27. The van der Waals surface area contributed by atoms with Gasteiger partial charge in [-0.25, -0.2) is 13.2 Å². The number of anilines is 1.